The van der Waals surface area contributed by atoms with Gasteiger partial charge in [-0.15, -0.1) is 0 Å². The fourth-order valence-corrected chi connectivity index (χ4v) is 1.04. The summed E-state index contributed by atoms with van der Waals surface area (Å²) in [5.41, 5.74) is 0. The van der Waals surface area contributed by atoms with Gasteiger partial charge in [0.05, 0.1) is 55.0 Å². The van der Waals surface area contributed by atoms with Gasteiger partial charge in [-0.05, 0) is 0 Å². The van der Waals surface area contributed by atoms with Crippen LogP contribution < -0.4 is 4.90 Å². The Morgan fingerprint density at radius 2 is 1.60 bits per heavy atom. The third kappa shape index (κ3) is 13.8. The maximum atomic E-state index is 5.37. The number of nitrogens with zero attached hydrogens (tertiary/aromatic N) is 1. The summed E-state index contributed by atoms with van der Waals surface area (Å²) in [6.07, 6.45) is 1.10. The van der Waals surface area contributed by atoms with Gasteiger partial charge < -0.3 is 18.9 Å². The van der Waals surface area contributed by atoms with Gasteiger partial charge in [-0.3, -0.25) is 0 Å². The summed E-state index contributed by atoms with van der Waals surface area (Å²) < 4.78 is 11.7. The molecule has 0 bridgehead atoms. The molecule has 0 aliphatic rings. The highest BCUT2D eigenvalue weighted by Crippen LogP contribution is 1.89. The zero-order valence-corrected chi connectivity index (χ0v) is 11.0. The van der Waals surface area contributed by atoms with Crippen molar-refractivity contribution in [1.82, 2.24) is 0 Å². The van der Waals surface area contributed by atoms with Crippen molar-refractivity contribution in [3.05, 3.63) is 0 Å². The zero-order chi connectivity index (χ0) is 11.7. The third-order valence-electron chi connectivity index (χ3n) is 2.04. The highest BCUT2D eigenvalue weighted by molar-refractivity contribution is 4.30. The molecular formula is C11H28N2O2+2. The topological polar surface area (TPSA) is 22.9 Å². The van der Waals surface area contributed by atoms with Crippen LogP contribution in [0.4, 0.5) is 0 Å². The molecule has 15 heavy (non-hydrogen) atoms. The predicted octanol–water partition coefficient (Wildman–Crippen LogP) is -0.782. The maximum absolute atomic E-state index is 5.37. The molecule has 0 rings (SSSR count). The number of hydrogen-bond donors (Lipinski definition) is 1. The molecule has 0 unspecified atom stereocenters. The number of rotatable bonds is 9. The average Bonchev–Trinajstić information content (AvgIpc) is 2.07. The predicted molar refractivity (Wildman–Crippen MR) is 62.0 cm³/mol. The Balaban J connectivity index is 3.06. The Kier molecular flexibility index (Phi) is 7.96. The first kappa shape index (κ1) is 14.8. The summed E-state index contributed by atoms with van der Waals surface area (Å²) in [7, 11) is 10.8. The van der Waals surface area contributed by atoms with Crippen LogP contribution in [0, 0.1) is 0 Å². The molecule has 1 N–H and O–H groups in total. The average molecular weight is 220 g/mol. The van der Waals surface area contributed by atoms with E-state index >= 15 is 0 Å². The van der Waals surface area contributed by atoms with Crippen LogP contribution in [0.5, 0.6) is 0 Å². The first-order valence-corrected chi connectivity index (χ1v) is 5.67. The summed E-state index contributed by atoms with van der Waals surface area (Å²) in [6, 6.07) is 0. The Hall–Kier alpha value is -0.160. The lowest BCUT2D eigenvalue weighted by Crippen LogP contribution is -3.05. The van der Waals surface area contributed by atoms with E-state index < -0.39 is 0 Å². The van der Waals surface area contributed by atoms with Gasteiger partial charge in [-0.2, -0.15) is 0 Å². The molecular weight excluding hydrogens is 192 g/mol. The second-order valence-corrected chi connectivity index (χ2v) is 5.26. The largest absolute Gasteiger partial charge is 0.355 e. The smallest absolute Gasteiger partial charge is 0.147 e. The first-order valence-electron chi connectivity index (χ1n) is 5.67. The van der Waals surface area contributed by atoms with Crippen molar-refractivity contribution in [3.63, 3.8) is 0 Å². The number of ether oxygens (including phenoxy) is 2. The van der Waals surface area contributed by atoms with Crippen LogP contribution in [0.1, 0.15) is 6.42 Å². The zero-order valence-electron chi connectivity index (χ0n) is 11.0. The number of hydrogen-bond acceptors (Lipinski definition) is 2. The van der Waals surface area contributed by atoms with E-state index in [1.807, 2.05) is 0 Å². The fourth-order valence-electron chi connectivity index (χ4n) is 1.04. The Bertz CT molecular complexity index is 144. The molecule has 0 amide bonds. The van der Waals surface area contributed by atoms with Crippen molar-refractivity contribution in [2.75, 3.05) is 68.3 Å². The minimum absolute atomic E-state index is 0.433. The highest BCUT2D eigenvalue weighted by Gasteiger charge is 2.05. The van der Waals surface area contributed by atoms with E-state index in [-0.39, 0.29) is 0 Å². The van der Waals surface area contributed by atoms with Crippen LogP contribution in [0.15, 0.2) is 0 Å². The minimum Gasteiger partial charge on any atom is -0.355 e. The third-order valence-corrected chi connectivity index (χ3v) is 2.04. The Morgan fingerprint density at radius 3 is 2.13 bits per heavy atom. The Labute approximate surface area is 94.3 Å². The molecule has 0 aromatic rings. The molecule has 0 spiro atoms. The molecule has 0 aliphatic heterocycles. The summed E-state index contributed by atoms with van der Waals surface area (Å²) in [4.78, 5) is 1.46. The van der Waals surface area contributed by atoms with E-state index in [9.17, 15) is 0 Å². The van der Waals surface area contributed by atoms with E-state index in [4.69, 9.17) is 9.47 Å². The van der Waals surface area contributed by atoms with Crippen molar-refractivity contribution >= 4 is 0 Å². The van der Waals surface area contributed by atoms with Gasteiger partial charge in [0.25, 0.3) is 0 Å². The van der Waals surface area contributed by atoms with Crippen LogP contribution in [0.2, 0.25) is 0 Å². The maximum Gasteiger partial charge on any atom is 0.147 e. The van der Waals surface area contributed by atoms with E-state index in [2.05, 4.69) is 35.2 Å². The molecule has 0 saturated carbocycles. The summed E-state index contributed by atoms with van der Waals surface area (Å²) in [5, 5.41) is 0. The van der Waals surface area contributed by atoms with Crippen LogP contribution in [0.3, 0.4) is 0 Å². The van der Waals surface area contributed by atoms with Crippen molar-refractivity contribution in [1.29, 1.82) is 0 Å². The molecule has 4 nitrogen and oxygen atoms in total. The lowest BCUT2D eigenvalue weighted by Gasteiger charge is -2.23. The van der Waals surface area contributed by atoms with E-state index in [0.717, 1.165) is 37.2 Å². The van der Waals surface area contributed by atoms with Crippen molar-refractivity contribution in [2.45, 2.75) is 6.42 Å². The molecule has 0 aliphatic carbocycles. The van der Waals surface area contributed by atoms with E-state index in [1.54, 1.807) is 0 Å². The van der Waals surface area contributed by atoms with Gasteiger partial charge in [0.15, 0.2) is 0 Å². The molecule has 4 heteroatoms. The molecule has 0 fully saturated rings. The normalized spacial score (nSPS) is 12.4. The molecule has 0 aromatic heterocycles. The van der Waals surface area contributed by atoms with Gasteiger partial charge in [0, 0.05) is 6.42 Å². The van der Waals surface area contributed by atoms with E-state index in [1.165, 1.54) is 4.90 Å². The van der Waals surface area contributed by atoms with E-state index in [0.29, 0.717) is 6.79 Å². The van der Waals surface area contributed by atoms with Crippen molar-refractivity contribution in [2.24, 2.45) is 0 Å². The lowest BCUT2D eigenvalue weighted by atomic mass is 10.4. The molecule has 92 valence electrons. The summed E-state index contributed by atoms with van der Waals surface area (Å²) in [6.45, 7) is 4.17. The van der Waals surface area contributed by atoms with Gasteiger partial charge in [-0.25, -0.2) is 0 Å². The Morgan fingerprint density at radius 1 is 1.00 bits per heavy atom. The second kappa shape index (κ2) is 8.05. The van der Waals surface area contributed by atoms with Gasteiger partial charge in [0.1, 0.15) is 13.3 Å². The molecule has 0 heterocycles. The van der Waals surface area contributed by atoms with Crippen LogP contribution in [-0.2, 0) is 9.47 Å². The summed E-state index contributed by atoms with van der Waals surface area (Å²) >= 11 is 0. The van der Waals surface area contributed by atoms with Crippen molar-refractivity contribution in [3.8, 4) is 0 Å². The first-order chi connectivity index (χ1) is 6.92. The molecule has 0 atom stereocenters. The number of likely N-dealkylation sites (N-methyl/N-ethyl adjacent to an activating group) is 1. The van der Waals surface area contributed by atoms with Gasteiger partial charge in [0.2, 0.25) is 0 Å². The van der Waals surface area contributed by atoms with Crippen molar-refractivity contribution < 1.29 is 18.9 Å². The quantitative estimate of drug-likeness (QED) is 0.313. The monoisotopic (exact) mass is 220 g/mol. The molecule has 0 radical (unpaired) electrons. The number of quaternary nitrogens is 2. The molecule has 0 saturated heterocycles. The van der Waals surface area contributed by atoms with Crippen LogP contribution >= 0.6 is 0 Å². The second-order valence-electron chi connectivity index (χ2n) is 5.26. The fraction of sp³-hybridized carbons (Fsp3) is 1.00. The van der Waals surface area contributed by atoms with Gasteiger partial charge in [-0.1, -0.05) is 0 Å². The molecule has 0 aromatic carbocycles. The minimum atomic E-state index is 0.433. The standard InChI is InChI=1S/C11H27N2O2/c1-12(2)7-6-9-14-11-15-10-8-13(3,4)5/h6-11H2,1-5H3/q+1/p+1. The van der Waals surface area contributed by atoms with Gasteiger partial charge >= 0.3 is 0 Å². The van der Waals surface area contributed by atoms with Crippen LogP contribution in [-0.4, -0.2) is 72.8 Å². The number of nitrogens with one attached hydrogen (secondary N) is 1. The highest BCUT2D eigenvalue weighted by atomic mass is 16.7. The van der Waals surface area contributed by atoms with Crippen LogP contribution in [0.25, 0.3) is 0 Å². The lowest BCUT2D eigenvalue weighted by molar-refractivity contribution is -0.870. The summed E-state index contributed by atoms with van der Waals surface area (Å²) in [5.74, 6) is 0. The SMILES string of the molecule is C[NH+](C)CCCOCOCC[N+](C)(C)C.